The van der Waals surface area contributed by atoms with Gasteiger partial charge in [0.15, 0.2) is 5.78 Å². The van der Waals surface area contributed by atoms with Gasteiger partial charge in [-0.1, -0.05) is 71.4 Å². The van der Waals surface area contributed by atoms with Crippen molar-refractivity contribution in [1.29, 1.82) is 0 Å². The molecule has 8 unspecified atom stereocenters. The van der Waals surface area contributed by atoms with Gasteiger partial charge < -0.3 is 35.0 Å². The number of aliphatic hydroxyl groups excluding tert-OH is 1. The summed E-state index contributed by atoms with van der Waals surface area (Å²) in [5, 5.41) is 16.6. The lowest BCUT2D eigenvalue weighted by Crippen LogP contribution is -2.56. The van der Waals surface area contributed by atoms with E-state index in [1.807, 2.05) is 27.7 Å². The number of Topliss-reactive ketones (excluding diaryl/α,β-unsaturated/α-hetero) is 1. The highest BCUT2D eigenvalue weighted by Gasteiger charge is 2.42. The second-order valence-corrected chi connectivity index (χ2v) is 13.7. The topological polar surface area (TPSA) is 184 Å². The highest BCUT2D eigenvalue weighted by molar-refractivity contribution is 6.02. The van der Waals surface area contributed by atoms with Crippen molar-refractivity contribution < 1.29 is 38.6 Å². The van der Waals surface area contributed by atoms with E-state index in [2.05, 4.69) is 10.6 Å². The maximum absolute atomic E-state index is 14.0. The van der Waals surface area contributed by atoms with Crippen molar-refractivity contribution in [2.75, 3.05) is 48.0 Å². The van der Waals surface area contributed by atoms with Gasteiger partial charge in [-0.15, -0.1) is 0 Å². The molecule has 0 bridgehead atoms. The third-order valence-electron chi connectivity index (χ3n) is 9.93. The number of hydrazine groups is 1. The number of likely N-dealkylation sites (tertiary alicyclic amines) is 1. The van der Waals surface area contributed by atoms with Crippen molar-refractivity contribution in [1.82, 2.24) is 25.4 Å². The number of carbonyl (C=O) groups is 5. The Balaban J connectivity index is 2.17. The first-order valence-electron chi connectivity index (χ1n) is 17.5. The van der Waals surface area contributed by atoms with Gasteiger partial charge in [-0.2, -0.15) is 0 Å². The van der Waals surface area contributed by atoms with Crippen LogP contribution in [0.2, 0.25) is 0 Å². The van der Waals surface area contributed by atoms with Crippen LogP contribution in [0.25, 0.3) is 0 Å². The first-order valence-corrected chi connectivity index (χ1v) is 17.5. The van der Waals surface area contributed by atoms with Gasteiger partial charge >= 0.3 is 0 Å². The van der Waals surface area contributed by atoms with Crippen LogP contribution in [0.1, 0.15) is 70.7 Å². The zero-order chi connectivity index (χ0) is 37.7. The number of benzene rings is 1. The minimum atomic E-state index is -1.13. The van der Waals surface area contributed by atoms with Gasteiger partial charge in [0.25, 0.3) is 0 Å². The molecule has 0 spiro atoms. The maximum Gasteiger partial charge on any atom is 0.242 e. The molecule has 14 heteroatoms. The highest BCUT2D eigenvalue weighted by Crippen LogP contribution is 2.29. The molecule has 8 atom stereocenters. The fourth-order valence-electron chi connectivity index (χ4n) is 6.98. The number of amides is 4. The van der Waals surface area contributed by atoms with Crippen molar-refractivity contribution >= 4 is 29.4 Å². The smallest absolute Gasteiger partial charge is 0.242 e. The largest absolute Gasteiger partial charge is 0.394 e. The Bertz CT molecular complexity index is 1260. The predicted octanol–water partition coefficient (Wildman–Crippen LogP) is 1.21. The second kappa shape index (κ2) is 20.4. The number of aliphatic hydroxyl groups is 1. The summed E-state index contributed by atoms with van der Waals surface area (Å²) >= 11 is 0. The third kappa shape index (κ3) is 11.0. The average molecular weight is 705 g/mol. The number of rotatable bonds is 20. The van der Waals surface area contributed by atoms with Crippen LogP contribution >= 0.6 is 0 Å². The van der Waals surface area contributed by atoms with Gasteiger partial charge in [0, 0.05) is 40.4 Å². The molecule has 0 aromatic heterocycles. The van der Waals surface area contributed by atoms with E-state index in [1.54, 1.807) is 61.2 Å². The van der Waals surface area contributed by atoms with Gasteiger partial charge in [0.1, 0.15) is 12.1 Å². The van der Waals surface area contributed by atoms with Crippen molar-refractivity contribution in [3.05, 3.63) is 35.9 Å². The van der Waals surface area contributed by atoms with Crippen LogP contribution < -0.4 is 16.5 Å². The van der Waals surface area contributed by atoms with E-state index in [-0.39, 0.29) is 42.5 Å². The molecular weight excluding hydrogens is 644 g/mol. The van der Waals surface area contributed by atoms with Crippen LogP contribution in [0, 0.1) is 17.8 Å². The Morgan fingerprint density at radius 1 is 1.02 bits per heavy atom. The fraction of sp³-hybridized carbons (Fsp3) is 0.694. The monoisotopic (exact) mass is 704 g/mol. The van der Waals surface area contributed by atoms with Crippen LogP contribution in [0.4, 0.5) is 0 Å². The predicted molar refractivity (Wildman–Crippen MR) is 189 cm³/mol. The molecule has 1 aliphatic heterocycles. The number of nitrogens with two attached hydrogens (primary N) is 1. The van der Waals surface area contributed by atoms with Crippen LogP contribution in [-0.2, 0) is 28.7 Å². The molecular formula is C36H60N6O8. The van der Waals surface area contributed by atoms with Crippen molar-refractivity contribution in [2.45, 2.75) is 96.7 Å². The van der Waals surface area contributed by atoms with E-state index in [1.165, 1.54) is 19.2 Å². The number of methoxy groups -OCH3 is 2. The third-order valence-corrected chi connectivity index (χ3v) is 9.93. The SMILES string of the molecule is CCC(C)C(C(CC(=O)N1CCCC1C(OC)C(C)C(=O)NC(CO)C(=O)c1ccccc1)OC)N(C)C(=O)CNC(=O)C(C(C)C)N(C)N. The lowest BCUT2D eigenvalue weighted by atomic mass is 9.90. The molecule has 1 aromatic rings. The summed E-state index contributed by atoms with van der Waals surface area (Å²) in [7, 11) is 6.25. The molecule has 1 aliphatic rings. The Morgan fingerprint density at radius 2 is 1.66 bits per heavy atom. The molecule has 5 N–H and O–H groups in total. The molecule has 0 aliphatic carbocycles. The van der Waals surface area contributed by atoms with E-state index in [0.29, 0.717) is 31.4 Å². The molecule has 14 nitrogen and oxygen atoms in total. The number of nitrogens with zero attached hydrogens (tertiary/aromatic N) is 3. The first kappa shape index (κ1) is 42.7. The lowest BCUT2D eigenvalue weighted by Gasteiger charge is -2.39. The van der Waals surface area contributed by atoms with E-state index >= 15 is 0 Å². The molecule has 0 saturated carbocycles. The second-order valence-electron chi connectivity index (χ2n) is 13.7. The number of nitrogens with one attached hydrogen (secondary N) is 2. The number of likely N-dealkylation sites (N-methyl/N-ethyl adjacent to an activating group) is 2. The zero-order valence-electron chi connectivity index (χ0n) is 31.3. The number of hydrogen-bond donors (Lipinski definition) is 4. The number of ether oxygens (including phenoxy) is 2. The van der Waals surface area contributed by atoms with E-state index in [0.717, 1.165) is 0 Å². The summed E-state index contributed by atoms with van der Waals surface area (Å²) in [6.45, 7) is 9.07. The van der Waals surface area contributed by atoms with Gasteiger partial charge in [0.05, 0.1) is 49.8 Å². The molecule has 282 valence electrons. The molecule has 50 heavy (non-hydrogen) atoms. The van der Waals surface area contributed by atoms with E-state index < -0.39 is 60.6 Å². The number of hydrogen-bond acceptors (Lipinski definition) is 10. The van der Waals surface area contributed by atoms with Crippen LogP contribution in [0.15, 0.2) is 30.3 Å². The van der Waals surface area contributed by atoms with Crippen LogP contribution in [0.3, 0.4) is 0 Å². The summed E-state index contributed by atoms with van der Waals surface area (Å²) in [6.07, 6.45) is 0.661. The van der Waals surface area contributed by atoms with Crippen molar-refractivity contribution in [3.8, 4) is 0 Å². The number of carbonyl (C=O) groups excluding carboxylic acids is 5. The minimum absolute atomic E-state index is 0.0193. The molecule has 1 heterocycles. The number of ketones is 1. The van der Waals surface area contributed by atoms with E-state index in [9.17, 15) is 29.1 Å². The Kier molecular flexibility index (Phi) is 17.5. The van der Waals surface area contributed by atoms with Gasteiger partial charge in [-0.3, -0.25) is 29.8 Å². The standard InChI is InChI=1S/C36H60N6O8/c1-10-23(4)32(40(6)30(45)20-38-36(48)31(22(2)3)41(7)37)28(49-8)19-29(44)42-18-14-17-27(42)34(50-9)24(5)35(47)39-26(21-43)33(46)25-15-12-11-13-16-25/h11-13,15-16,22-24,26-28,31-32,34,43H,10,14,17-21,37H2,1-9H3,(H,38,48)(H,39,47). The van der Waals surface area contributed by atoms with Gasteiger partial charge in [-0.25, -0.2) is 5.01 Å². The Morgan fingerprint density at radius 3 is 2.18 bits per heavy atom. The van der Waals surface area contributed by atoms with Gasteiger partial charge in [0.2, 0.25) is 23.6 Å². The fourth-order valence-corrected chi connectivity index (χ4v) is 6.98. The van der Waals surface area contributed by atoms with Crippen molar-refractivity contribution in [3.63, 3.8) is 0 Å². The normalized spacial score (nSPS) is 18.9. The van der Waals surface area contributed by atoms with E-state index in [4.69, 9.17) is 15.3 Å². The first-order chi connectivity index (χ1) is 23.6. The average Bonchev–Trinajstić information content (AvgIpc) is 3.58. The molecule has 2 rings (SSSR count). The quantitative estimate of drug-likeness (QED) is 0.0875. The Labute approximate surface area is 297 Å². The molecule has 0 radical (unpaired) electrons. The summed E-state index contributed by atoms with van der Waals surface area (Å²) < 4.78 is 11.7. The van der Waals surface area contributed by atoms with Crippen LogP contribution in [-0.4, -0.2) is 134 Å². The van der Waals surface area contributed by atoms with Crippen LogP contribution in [0.5, 0.6) is 0 Å². The summed E-state index contributed by atoms with van der Waals surface area (Å²) in [6, 6.07) is 5.80. The summed E-state index contributed by atoms with van der Waals surface area (Å²) in [5.74, 6) is 3.24. The molecule has 1 fully saturated rings. The maximum atomic E-state index is 14.0. The minimum Gasteiger partial charge on any atom is -0.394 e. The summed E-state index contributed by atoms with van der Waals surface area (Å²) in [4.78, 5) is 69.8. The Hall–Kier alpha value is -3.43. The molecule has 4 amide bonds. The molecule has 1 aromatic carbocycles. The molecule has 1 saturated heterocycles. The van der Waals surface area contributed by atoms with Crippen molar-refractivity contribution in [2.24, 2.45) is 23.6 Å². The van der Waals surface area contributed by atoms with Gasteiger partial charge in [-0.05, 0) is 24.7 Å². The zero-order valence-corrected chi connectivity index (χ0v) is 31.3. The lowest BCUT2D eigenvalue weighted by molar-refractivity contribution is -0.146. The highest BCUT2D eigenvalue weighted by atomic mass is 16.5. The summed E-state index contributed by atoms with van der Waals surface area (Å²) in [5.41, 5.74) is 0.370.